The van der Waals surface area contributed by atoms with Gasteiger partial charge in [-0.15, -0.1) is 0 Å². The van der Waals surface area contributed by atoms with Crippen LogP contribution in [0.25, 0.3) is 0 Å². The first-order chi connectivity index (χ1) is 24.2. The maximum Gasteiger partial charge on any atom is 0.312 e. The van der Waals surface area contributed by atoms with E-state index in [-0.39, 0.29) is 6.04 Å². The van der Waals surface area contributed by atoms with Crippen molar-refractivity contribution in [2.45, 2.75) is 166 Å². The molecule has 2 aromatic heterocycles. The van der Waals surface area contributed by atoms with Crippen molar-refractivity contribution < 1.29 is 9.90 Å². The van der Waals surface area contributed by atoms with Crippen LogP contribution < -0.4 is 5.32 Å². The molecule has 1 aromatic carbocycles. The number of aromatic nitrogens is 2. The molecule has 270 valence electrons. The SMILES string of the molecule is O=C(O)C(c1ccccc1)C(CCCCCCCCCCCCc1cccnc1)NCCCCCCCCCCCCCc1cccnc1. The highest BCUT2D eigenvalue weighted by atomic mass is 16.4. The fraction of sp³-hybridized carbons (Fsp3) is 0.614. The van der Waals surface area contributed by atoms with E-state index in [9.17, 15) is 9.90 Å². The van der Waals surface area contributed by atoms with Crippen molar-refractivity contribution in [3.8, 4) is 0 Å². The number of carboxylic acid groups (broad SMARTS) is 1. The molecule has 0 aliphatic carbocycles. The molecular formula is C44H67N3O2. The lowest BCUT2D eigenvalue weighted by Crippen LogP contribution is -2.39. The topological polar surface area (TPSA) is 75.1 Å². The molecule has 2 unspecified atom stereocenters. The summed E-state index contributed by atoms with van der Waals surface area (Å²) in [6.45, 7) is 0.905. The molecule has 2 atom stereocenters. The van der Waals surface area contributed by atoms with Crippen molar-refractivity contribution in [1.29, 1.82) is 0 Å². The summed E-state index contributed by atoms with van der Waals surface area (Å²) in [6, 6.07) is 18.3. The largest absolute Gasteiger partial charge is 0.481 e. The molecule has 2 N–H and O–H groups in total. The van der Waals surface area contributed by atoms with E-state index in [0.29, 0.717) is 0 Å². The van der Waals surface area contributed by atoms with Gasteiger partial charge in [0.15, 0.2) is 0 Å². The third kappa shape index (κ3) is 19.7. The van der Waals surface area contributed by atoms with Gasteiger partial charge in [0.05, 0.1) is 5.92 Å². The number of aliphatic carboxylic acids is 1. The van der Waals surface area contributed by atoms with Crippen molar-refractivity contribution in [3.63, 3.8) is 0 Å². The Morgan fingerprint density at radius 2 is 0.959 bits per heavy atom. The van der Waals surface area contributed by atoms with Gasteiger partial charge in [-0.05, 0) is 73.9 Å². The summed E-state index contributed by atoms with van der Waals surface area (Å²) in [4.78, 5) is 20.9. The van der Waals surface area contributed by atoms with E-state index in [0.717, 1.165) is 44.2 Å². The number of pyridine rings is 2. The first-order valence-electron chi connectivity index (χ1n) is 20.0. The molecule has 0 saturated heterocycles. The zero-order valence-electron chi connectivity index (χ0n) is 30.6. The maximum atomic E-state index is 12.5. The number of nitrogens with one attached hydrogen (secondary N) is 1. The van der Waals surface area contributed by atoms with Crippen LogP contribution in [0.4, 0.5) is 0 Å². The van der Waals surface area contributed by atoms with E-state index < -0.39 is 11.9 Å². The van der Waals surface area contributed by atoms with E-state index in [1.54, 1.807) is 0 Å². The molecule has 0 aliphatic rings. The number of carbonyl (C=O) groups is 1. The van der Waals surface area contributed by atoms with Crippen LogP contribution in [0.3, 0.4) is 0 Å². The Morgan fingerprint density at radius 1 is 0.531 bits per heavy atom. The maximum absolute atomic E-state index is 12.5. The summed E-state index contributed by atoms with van der Waals surface area (Å²) in [5.74, 6) is -1.20. The van der Waals surface area contributed by atoms with Crippen molar-refractivity contribution >= 4 is 5.97 Å². The first kappa shape index (κ1) is 40.4. The average Bonchev–Trinajstić information content (AvgIpc) is 3.13. The molecule has 5 nitrogen and oxygen atoms in total. The van der Waals surface area contributed by atoms with Crippen LogP contribution in [0.15, 0.2) is 79.4 Å². The minimum atomic E-state index is -0.711. The molecule has 0 bridgehead atoms. The second-order valence-electron chi connectivity index (χ2n) is 14.2. The van der Waals surface area contributed by atoms with Gasteiger partial charge in [-0.1, -0.05) is 158 Å². The quantitative estimate of drug-likeness (QED) is 0.0667. The molecule has 0 amide bonds. The average molecular weight is 670 g/mol. The molecule has 0 fully saturated rings. The molecule has 0 radical (unpaired) electrons. The Morgan fingerprint density at radius 3 is 1.39 bits per heavy atom. The predicted octanol–water partition coefficient (Wildman–Crippen LogP) is 11.7. The lowest BCUT2D eigenvalue weighted by atomic mass is 9.88. The van der Waals surface area contributed by atoms with Crippen molar-refractivity contribution in [3.05, 3.63) is 96.1 Å². The van der Waals surface area contributed by atoms with Crippen LogP contribution in [0.5, 0.6) is 0 Å². The molecule has 3 aromatic rings. The van der Waals surface area contributed by atoms with Gasteiger partial charge in [-0.3, -0.25) is 14.8 Å². The lowest BCUT2D eigenvalue weighted by molar-refractivity contribution is -0.139. The van der Waals surface area contributed by atoms with Crippen LogP contribution in [0.2, 0.25) is 0 Å². The number of carboxylic acids is 1. The van der Waals surface area contributed by atoms with Gasteiger partial charge >= 0.3 is 5.97 Å². The molecule has 3 rings (SSSR count). The third-order valence-electron chi connectivity index (χ3n) is 10.1. The van der Waals surface area contributed by atoms with E-state index >= 15 is 0 Å². The summed E-state index contributed by atoms with van der Waals surface area (Å²) in [5, 5.41) is 13.9. The van der Waals surface area contributed by atoms with Crippen molar-refractivity contribution in [2.75, 3.05) is 6.54 Å². The Labute approximate surface area is 299 Å². The molecule has 0 saturated carbocycles. The second-order valence-corrected chi connectivity index (χ2v) is 14.2. The van der Waals surface area contributed by atoms with E-state index in [2.05, 4.69) is 27.4 Å². The Bertz CT molecular complexity index is 1170. The van der Waals surface area contributed by atoms with Crippen LogP contribution in [0, 0.1) is 0 Å². The highest BCUT2D eigenvalue weighted by molar-refractivity contribution is 5.77. The number of hydrogen-bond donors (Lipinski definition) is 2. The van der Waals surface area contributed by atoms with Crippen LogP contribution in [0.1, 0.15) is 164 Å². The van der Waals surface area contributed by atoms with Gasteiger partial charge < -0.3 is 10.4 Å². The molecular weight excluding hydrogens is 603 g/mol. The standard InChI is InChI=1S/C44H67N3O2/c48-44(49)43(41-31-21-18-22-32-41)42(33-23-16-12-8-4-3-7-11-15-20-28-40-30-26-35-46-38-40)47-36-24-17-13-9-5-1-2-6-10-14-19-27-39-29-25-34-45-37-39/h18,21-22,25-26,29-32,34-35,37-38,42-43,47H,1-17,19-20,23-24,27-28,33,36H2,(H,48,49). The Kier molecular flexibility index (Phi) is 22.9. The normalized spacial score (nSPS) is 12.6. The smallest absolute Gasteiger partial charge is 0.312 e. The number of hydrogen-bond acceptors (Lipinski definition) is 4. The minimum Gasteiger partial charge on any atom is -0.481 e. The fourth-order valence-corrected chi connectivity index (χ4v) is 7.13. The van der Waals surface area contributed by atoms with Gasteiger partial charge in [0.2, 0.25) is 0 Å². The van der Waals surface area contributed by atoms with E-state index in [1.165, 1.54) is 133 Å². The highest BCUT2D eigenvalue weighted by Crippen LogP contribution is 2.25. The summed E-state index contributed by atoms with van der Waals surface area (Å²) in [7, 11) is 0. The predicted molar refractivity (Wildman–Crippen MR) is 206 cm³/mol. The summed E-state index contributed by atoms with van der Waals surface area (Å²) in [5.41, 5.74) is 3.63. The van der Waals surface area contributed by atoms with Gasteiger partial charge in [0.1, 0.15) is 0 Å². The van der Waals surface area contributed by atoms with Gasteiger partial charge in [-0.25, -0.2) is 0 Å². The third-order valence-corrected chi connectivity index (χ3v) is 10.1. The summed E-state index contributed by atoms with van der Waals surface area (Å²) in [6.07, 6.45) is 37.9. The number of rotatable bonds is 31. The Hall–Kier alpha value is -3.05. The minimum absolute atomic E-state index is 0.0177. The van der Waals surface area contributed by atoms with E-state index in [4.69, 9.17) is 0 Å². The lowest BCUT2D eigenvalue weighted by Gasteiger charge is -2.26. The van der Waals surface area contributed by atoms with Crippen LogP contribution >= 0.6 is 0 Å². The first-order valence-corrected chi connectivity index (χ1v) is 20.0. The molecule has 0 spiro atoms. The number of benzene rings is 1. The molecule has 5 heteroatoms. The van der Waals surface area contributed by atoms with Crippen molar-refractivity contribution in [1.82, 2.24) is 15.3 Å². The fourth-order valence-electron chi connectivity index (χ4n) is 7.13. The number of nitrogens with zero attached hydrogens (tertiary/aromatic N) is 2. The zero-order chi connectivity index (χ0) is 34.5. The summed E-state index contributed by atoms with van der Waals surface area (Å²) < 4.78 is 0. The number of aryl methyl sites for hydroxylation is 2. The zero-order valence-corrected chi connectivity index (χ0v) is 30.6. The second kappa shape index (κ2) is 27.7. The van der Waals surface area contributed by atoms with Crippen LogP contribution in [-0.2, 0) is 17.6 Å². The Balaban J connectivity index is 1.20. The molecule has 49 heavy (non-hydrogen) atoms. The van der Waals surface area contributed by atoms with Gasteiger partial charge in [0.25, 0.3) is 0 Å². The molecule has 0 aliphatic heterocycles. The molecule has 2 heterocycles. The summed E-state index contributed by atoms with van der Waals surface area (Å²) >= 11 is 0. The number of unbranched alkanes of at least 4 members (excludes halogenated alkanes) is 19. The van der Waals surface area contributed by atoms with Gasteiger partial charge in [-0.2, -0.15) is 0 Å². The monoisotopic (exact) mass is 670 g/mol. The van der Waals surface area contributed by atoms with Crippen LogP contribution in [-0.4, -0.2) is 33.6 Å². The van der Waals surface area contributed by atoms with E-state index in [1.807, 2.05) is 67.3 Å². The van der Waals surface area contributed by atoms with Crippen molar-refractivity contribution in [2.24, 2.45) is 0 Å². The highest BCUT2D eigenvalue weighted by Gasteiger charge is 2.29. The van der Waals surface area contributed by atoms with Gasteiger partial charge in [0, 0.05) is 30.8 Å².